The van der Waals surface area contributed by atoms with Crippen LogP contribution in [-0.4, -0.2) is 27.6 Å². The fourth-order valence-corrected chi connectivity index (χ4v) is 3.47. The summed E-state index contributed by atoms with van der Waals surface area (Å²) in [4.78, 5) is 35.0. The van der Waals surface area contributed by atoms with Gasteiger partial charge in [-0.3, -0.25) is 14.9 Å². The fraction of sp³-hybridized carbons (Fsp3) is 0.125. The average Bonchev–Trinajstić information content (AvgIpc) is 3.35. The summed E-state index contributed by atoms with van der Waals surface area (Å²) < 4.78 is 5.83. The van der Waals surface area contributed by atoms with Gasteiger partial charge >= 0.3 is 5.97 Å². The average molecular weight is 445 g/mol. The van der Waals surface area contributed by atoms with Crippen LogP contribution in [0.3, 0.4) is 0 Å². The molecule has 2 aromatic carbocycles. The number of amides is 1. The molecule has 0 bridgehead atoms. The van der Waals surface area contributed by atoms with Crippen LogP contribution in [0.1, 0.15) is 34.2 Å². The number of nitro benzene ring substituents is 1. The quantitative estimate of drug-likeness (QED) is 0.335. The Morgan fingerprint density at radius 1 is 1.09 bits per heavy atom. The lowest BCUT2D eigenvalue weighted by atomic mass is 10.0. The van der Waals surface area contributed by atoms with E-state index < -0.39 is 16.8 Å². The largest absolute Gasteiger partial charge is 0.478 e. The SMILES string of the molecule is CC1=NN(c2ccc(C(=O)O)cc2)C(=O)C1=Cc1ccc(-c2cc(C)c(C)cc2[N+](=O)[O-])o1. The first-order valence-electron chi connectivity index (χ1n) is 9.96. The number of benzene rings is 2. The summed E-state index contributed by atoms with van der Waals surface area (Å²) in [5, 5.41) is 26.0. The van der Waals surface area contributed by atoms with E-state index in [9.17, 15) is 19.7 Å². The second-order valence-corrected chi connectivity index (χ2v) is 7.63. The first-order valence-corrected chi connectivity index (χ1v) is 9.96. The van der Waals surface area contributed by atoms with Gasteiger partial charge in [-0.1, -0.05) is 0 Å². The molecule has 0 saturated carbocycles. The predicted octanol–water partition coefficient (Wildman–Crippen LogP) is 4.98. The number of hydrazone groups is 1. The third-order valence-corrected chi connectivity index (χ3v) is 5.41. The van der Waals surface area contributed by atoms with Crippen molar-refractivity contribution < 1.29 is 24.0 Å². The summed E-state index contributed by atoms with van der Waals surface area (Å²) >= 11 is 0. The van der Waals surface area contributed by atoms with Crippen molar-refractivity contribution in [3.05, 3.63) is 86.7 Å². The van der Waals surface area contributed by atoms with Crippen molar-refractivity contribution in [1.82, 2.24) is 0 Å². The van der Waals surface area contributed by atoms with E-state index in [1.165, 1.54) is 41.4 Å². The molecule has 0 spiro atoms. The van der Waals surface area contributed by atoms with Gasteiger partial charge in [0.1, 0.15) is 11.5 Å². The van der Waals surface area contributed by atoms with E-state index in [-0.39, 0.29) is 11.3 Å². The summed E-state index contributed by atoms with van der Waals surface area (Å²) in [6.45, 7) is 5.34. The highest BCUT2D eigenvalue weighted by Crippen LogP contribution is 2.34. The van der Waals surface area contributed by atoms with Gasteiger partial charge in [0.05, 0.1) is 33.0 Å². The van der Waals surface area contributed by atoms with Gasteiger partial charge in [0.25, 0.3) is 11.6 Å². The maximum absolute atomic E-state index is 12.9. The highest BCUT2D eigenvalue weighted by atomic mass is 16.6. The maximum atomic E-state index is 12.9. The Labute approximate surface area is 188 Å². The van der Waals surface area contributed by atoms with E-state index in [2.05, 4.69) is 5.10 Å². The second kappa shape index (κ2) is 8.19. The number of hydrogen-bond donors (Lipinski definition) is 1. The van der Waals surface area contributed by atoms with E-state index in [1.54, 1.807) is 32.0 Å². The van der Waals surface area contributed by atoms with Gasteiger partial charge in [-0.2, -0.15) is 10.1 Å². The number of rotatable bonds is 5. The summed E-state index contributed by atoms with van der Waals surface area (Å²) in [6.07, 6.45) is 1.53. The van der Waals surface area contributed by atoms with Crippen molar-refractivity contribution in [2.45, 2.75) is 20.8 Å². The Morgan fingerprint density at radius 2 is 1.76 bits per heavy atom. The zero-order valence-corrected chi connectivity index (χ0v) is 18.0. The van der Waals surface area contributed by atoms with Crippen LogP contribution in [0.2, 0.25) is 0 Å². The highest BCUT2D eigenvalue weighted by molar-refractivity contribution is 6.32. The van der Waals surface area contributed by atoms with Crippen molar-refractivity contribution in [2.75, 3.05) is 5.01 Å². The summed E-state index contributed by atoms with van der Waals surface area (Å²) in [5.74, 6) is -0.797. The van der Waals surface area contributed by atoms with Gasteiger partial charge in [0.15, 0.2) is 0 Å². The molecule has 2 heterocycles. The van der Waals surface area contributed by atoms with Crippen LogP contribution < -0.4 is 5.01 Å². The number of carbonyl (C=O) groups excluding carboxylic acids is 1. The van der Waals surface area contributed by atoms with Crippen molar-refractivity contribution >= 4 is 35.0 Å². The molecule has 0 unspecified atom stereocenters. The first-order chi connectivity index (χ1) is 15.7. The maximum Gasteiger partial charge on any atom is 0.335 e. The van der Waals surface area contributed by atoms with Crippen LogP contribution in [-0.2, 0) is 4.79 Å². The number of carboxylic acids is 1. The van der Waals surface area contributed by atoms with Gasteiger partial charge in [-0.15, -0.1) is 0 Å². The lowest BCUT2D eigenvalue weighted by Gasteiger charge is -2.11. The Balaban J connectivity index is 1.65. The van der Waals surface area contributed by atoms with E-state index in [1.807, 2.05) is 6.92 Å². The second-order valence-electron chi connectivity index (χ2n) is 7.63. The number of carboxylic acid groups (broad SMARTS) is 1. The molecule has 33 heavy (non-hydrogen) atoms. The molecule has 4 rings (SSSR count). The van der Waals surface area contributed by atoms with Crippen molar-refractivity contribution in [2.24, 2.45) is 5.10 Å². The first kappa shape index (κ1) is 21.7. The molecule has 3 aromatic rings. The third-order valence-electron chi connectivity index (χ3n) is 5.41. The smallest absolute Gasteiger partial charge is 0.335 e. The zero-order chi connectivity index (χ0) is 23.9. The summed E-state index contributed by atoms with van der Waals surface area (Å²) in [7, 11) is 0. The zero-order valence-electron chi connectivity index (χ0n) is 18.0. The van der Waals surface area contributed by atoms with Crippen molar-refractivity contribution in [3.8, 4) is 11.3 Å². The van der Waals surface area contributed by atoms with Crippen molar-refractivity contribution in [1.29, 1.82) is 0 Å². The van der Waals surface area contributed by atoms with Crippen LogP contribution in [0.4, 0.5) is 11.4 Å². The number of anilines is 1. The molecule has 1 amide bonds. The van der Waals surface area contributed by atoms with Gasteiger partial charge in [0.2, 0.25) is 0 Å². The van der Waals surface area contributed by atoms with E-state index >= 15 is 0 Å². The lowest BCUT2D eigenvalue weighted by Crippen LogP contribution is -2.21. The molecule has 9 nitrogen and oxygen atoms in total. The molecule has 0 fully saturated rings. The number of aryl methyl sites for hydroxylation is 2. The molecule has 1 aliphatic rings. The lowest BCUT2D eigenvalue weighted by molar-refractivity contribution is -0.384. The molecule has 0 saturated heterocycles. The number of nitrogens with zero attached hydrogens (tertiary/aromatic N) is 3. The molecule has 0 atom stereocenters. The van der Waals surface area contributed by atoms with Gasteiger partial charge in [0, 0.05) is 6.07 Å². The monoisotopic (exact) mass is 445 g/mol. The standard InChI is InChI=1S/C24H19N3O6/c1-13-10-20(21(27(31)32)11-14(13)2)22-9-8-18(33-22)12-19-15(3)25-26(23(19)28)17-6-4-16(5-7-17)24(29)30/h4-12H,1-3H3,(H,29,30). The van der Waals surface area contributed by atoms with Crippen LogP contribution in [0, 0.1) is 24.0 Å². The molecular formula is C24H19N3O6. The van der Waals surface area contributed by atoms with Crippen LogP contribution >= 0.6 is 0 Å². The number of carbonyl (C=O) groups is 2. The molecule has 9 heteroatoms. The van der Waals surface area contributed by atoms with Gasteiger partial charge in [-0.05, 0) is 80.4 Å². The van der Waals surface area contributed by atoms with Crippen LogP contribution in [0.25, 0.3) is 17.4 Å². The molecule has 1 aliphatic heterocycles. The predicted molar refractivity (Wildman–Crippen MR) is 122 cm³/mol. The minimum atomic E-state index is -1.06. The number of hydrogen-bond acceptors (Lipinski definition) is 6. The number of furan rings is 1. The Hall–Kier alpha value is -4.53. The normalized spacial score (nSPS) is 14.6. The molecule has 0 aliphatic carbocycles. The highest BCUT2D eigenvalue weighted by Gasteiger charge is 2.29. The summed E-state index contributed by atoms with van der Waals surface area (Å²) in [5.41, 5.74) is 3.28. The van der Waals surface area contributed by atoms with Gasteiger partial charge in [-0.25, -0.2) is 4.79 Å². The topological polar surface area (TPSA) is 126 Å². The van der Waals surface area contributed by atoms with E-state index in [0.29, 0.717) is 34.1 Å². The summed E-state index contributed by atoms with van der Waals surface area (Å²) in [6, 6.07) is 12.3. The van der Waals surface area contributed by atoms with Gasteiger partial charge < -0.3 is 9.52 Å². The molecule has 1 N–H and O–H groups in total. The van der Waals surface area contributed by atoms with E-state index in [0.717, 1.165) is 11.1 Å². The van der Waals surface area contributed by atoms with Crippen molar-refractivity contribution in [3.63, 3.8) is 0 Å². The molecular weight excluding hydrogens is 426 g/mol. The number of aromatic carboxylic acids is 1. The third kappa shape index (κ3) is 4.03. The molecule has 0 radical (unpaired) electrons. The minimum Gasteiger partial charge on any atom is -0.478 e. The Kier molecular flexibility index (Phi) is 5.39. The molecule has 166 valence electrons. The number of nitro groups is 1. The van der Waals surface area contributed by atoms with Crippen LogP contribution in [0.5, 0.6) is 0 Å². The Morgan fingerprint density at radius 3 is 2.39 bits per heavy atom. The molecule has 1 aromatic heterocycles. The minimum absolute atomic E-state index is 0.0580. The Bertz CT molecular complexity index is 1370. The fourth-order valence-electron chi connectivity index (χ4n) is 3.47. The van der Waals surface area contributed by atoms with E-state index in [4.69, 9.17) is 9.52 Å². The van der Waals surface area contributed by atoms with Crippen LogP contribution in [0.15, 0.2) is 63.6 Å².